The standard InChI is InChI=1S/C17H26/c1-3-5-15-8-12-17(13-9-15)16-10-6-14(4-2)7-11-16/h6-7,10-11,15,17H,3-5,8-9,12-13H2,1-2H3/t15-,17+. The molecule has 0 amide bonds. The van der Waals surface area contributed by atoms with Gasteiger partial charge < -0.3 is 0 Å². The van der Waals surface area contributed by atoms with Gasteiger partial charge in [-0.05, 0) is 55.1 Å². The van der Waals surface area contributed by atoms with Crippen molar-refractivity contribution in [1.29, 1.82) is 0 Å². The Morgan fingerprint density at radius 3 is 2.12 bits per heavy atom. The van der Waals surface area contributed by atoms with Gasteiger partial charge in [-0.15, -0.1) is 0 Å². The molecule has 0 heterocycles. The molecule has 0 N–H and O–H groups in total. The molecule has 17 heavy (non-hydrogen) atoms. The smallest absolute Gasteiger partial charge is 0.0162 e. The van der Waals surface area contributed by atoms with E-state index in [2.05, 4.69) is 38.1 Å². The van der Waals surface area contributed by atoms with Gasteiger partial charge in [-0.25, -0.2) is 0 Å². The maximum atomic E-state index is 2.36. The van der Waals surface area contributed by atoms with E-state index in [9.17, 15) is 0 Å². The molecule has 0 aliphatic heterocycles. The van der Waals surface area contributed by atoms with Gasteiger partial charge >= 0.3 is 0 Å². The van der Waals surface area contributed by atoms with Crippen LogP contribution in [-0.2, 0) is 6.42 Å². The molecule has 2 rings (SSSR count). The molecule has 0 spiro atoms. The number of hydrogen-bond acceptors (Lipinski definition) is 0. The van der Waals surface area contributed by atoms with E-state index < -0.39 is 0 Å². The number of hydrogen-bond donors (Lipinski definition) is 0. The quantitative estimate of drug-likeness (QED) is 0.656. The monoisotopic (exact) mass is 230 g/mol. The maximum Gasteiger partial charge on any atom is -0.0162 e. The third-order valence-corrected chi connectivity index (χ3v) is 4.40. The highest BCUT2D eigenvalue weighted by Crippen LogP contribution is 2.37. The minimum atomic E-state index is 0.842. The molecular formula is C17H26. The van der Waals surface area contributed by atoms with Gasteiger partial charge in [0.2, 0.25) is 0 Å². The highest BCUT2D eigenvalue weighted by Gasteiger charge is 2.21. The van der Waals surface area contributed by atoms with Gasteiger partial charge in [-0.2, -0.15) is 0 Å². The summed E-state index contributed by atoms with van der Waals surface area (Å²) in [5.41, 5.74) is 3.05. The first-order valence-corrected chi connectivity index (χ1v) is 7.42. The molecule has 0 radical (unpaired) electrons. The summed E-state index contributed by atoms with van der Waals surface area (Å²) in [7, 11) is 0. The van der Waals surface area contributed by atoms with Crippen molar-refractivity contribution in [2.75, 3.05) is 0 Å². The molecule has 0 aromatic heterocycles. The summed E-state index contributed by atoms with van der Waals surface area (Å²) in [5, 5.41) is 0. The SMILES string of the molecule is CCC[C@H]1CC[C@@H](c2ccc(CC)cc2)CC1. The second kappa shape index (κ2) is 6.23. The number of rotatable bonds is 4. The average Bonchev–Trinajstić information content (AvgIpc) is 2.40. The van der Waals surface area contributed by atoms with Crippen molar-refractivity contribution in [3.8, 4) is 0 Å². The molecule has 1 aliphatic carbocycles. The van der Waals surface area contributed by atoms with Crippen LogP contribution in [0, 0.1) is 5.92 Å². The molecule has 1 aliphatic rings. The van der Waals surface area contributed by atoms with Crippen LogP contribution < -0.4 is 0 Å². The average molecular weight is 230 g/mol. The van der Waals surface area contributed by atoms with Crippen LogP contribution >= 0.6 is 0 Å². The predicted octanol–water partition coefficient (Wildman–Crippen LogP) is 5.32. The molecule has 0 saturated heterocycles. The van der Waals surface area contributed by atoms with Crippen molar-refractivity contribution in [3.05, 3.63) is 35.4 Å². The van der Waals surface area contributed by atoms with Gasteiger partial charge in [-0.1, -0.05) is 51.0 Å². The topological polar surface area (TPSA) is 0 Å². The van der Waals surface area contributed by atoms with Crippen molar-refractivity contribution in [3.63, 3.8) is 0 Å². The van der Waals surface area contributed by atoms with Crippen LogP contribution in [-0.4, -0.2) is 0 Å². The molecule has 0 nitrogen and oxygen atoms in total. The van der Waals surface area contributed by atoms with Gasteiger partial charge in [0.15, 0.2) is 0 Å². The van der Waals surface area contributed by atoms with Crippen LogP contribution in [0.1, 0.15) is 69.4 Å². The normalized spacial score (nSPS) is 24.8. The maximum absolute atomic E-state index is 2.36. The van der Waals surface area contributed by atoms with Gasteiger partial charge in [0, 0.05) is 0 Å². The van der Waals surface area contributed by atoms with Crippen LogP contribution in [0.5, 0.6) is 0 Å². The van der Waals surface area contributed by atoms with E-state index in [4.69, 9.17) is 0 Å². The lowest BCUT2D eigenvalue weighted by Crippen LogP contribution is -2.13. The summed E-state index contributed by atoms with van der Waals surface area (Å²) in [6.45, 7) is 4.54. The van der Waals surface area contributed by atoms with Gasteiger partial charge in [0.1, 0.15) is 0 Å². The molecule has 1 aromatic carbocycles. The van der Waals surface area contributed by atoms with E-state index in [1.165, 1.54) is 44.1 Å². The summed E-state index contributed by atoms with van der Waals surface area (Å²) < 4.78 is 0. The second-order valence-electron chi connectivity index (χ2n) is 5.60. The Morgan fingerprint density at radius 2 is 1.59 bits per heavy atom. The van der Waals surface area contributed by atoms with E-state index in [-0.39, 0.29) is 0 Å². The lowest BCUT2D eigenvalue weighted by molar-refractivity contribution is 0.308. The molecule has 0 atom stereocenters. The van der Waals surface area contributed by atoms with Crippen molar-refractivity contribution < 1.29 is 0 Å². The first kappa shape index (κ1) is 12.7. The third-order valence-electron chi connectivity index (χ3n) is 4.40. The van der Waals surface area contributed by atoms with Crippen LogP contribution in [0.2, 0.25) is 0 Å². The minimum absolute atomic E-state index is 0.842. The van der Waals surface area contributed by atoms with Gasteiger partial charge in [-0.3, -0.25) is 0 Å². The summed E-state index contributed by atoms with van der Waals surface area (Å²) in [5.74, 6) is 1.86. The predicted molar refractivity (Wildman–Crippen MR) is 75.4 cm³/mol. The Bertz CT molecular complexity index is 314. The van der Waals surface area contributed by atoms with Crippen molar-refractivity contribution >= 4 is 0 Å². The van der Waals surface area contributed by atoms with Crippen molar-refractivity contribution in [1.82, 2.24) is 0 Å². The zero-order valence-corrected chi connectivity index (χ0v) is 11.4. The molecule has 0 unspecified atom stereocenters. The molecule has 0 bridgehead atoms. The highest BCUT2D eigenvalue weighted by atomic mass is 14.3. The lowest BCUT2D eigenvalue weighted by atomic mass is 9.77. The van der Waals surface area contributed by atoms with Crippen LogP contribution in [0.15, 0.2) is 24.3 Å². The molecule has 1 saturated carbocycles. The Hall–Kier alpha value is -0.780. The zero-order valence-electron chi connectivity index (χ0n) is 11.4. The minimum Gasteiger partial charge on any atom is -0.0654 e. The van der Waals surface area contributed by atoms with Crippen LogP contribution in [0.4, 0.5) is 0 Å². The fourth-order valence-corrected chi connectivity index (χ4v) is 3.22. The van der Waals surface area contributed by atoms with Gasteiger partial charge in [0.05, 0.1) is 0 Å². The summed E-state index contributed by atoms with van der Waals surface area (Å²) in [6.07, 6.45) is 9.69. The van der Waals surface area contributed by atoms with Crippen molar-refractivity contribution in [2.45, 2.75) is 64.7 Å². The summed E-state index contributed by atoms with van der Waals surface area (Å²) in [4.78, 5) is 0. The number of aryl methyl sites for hydroxylation is 1. The zero-order chi connectivity index (χ0) is 12.1. The summed E-state index contributed by atoms with van der Waals surface area (Å²) >= 11 is 0. The summed E-state index contributed by atoms with van der Waals surface area (Å²) in [6, 6.07) is 9.36. The van der Waals surface area contributed by atoms with Crippen molar-refractivity contribution in [2.24, 2.45) is 5.92 Å². The van der Waals surface area contributed by atoms with E-state index >= 15 is 0 Å². The molecule has 1 aromatic rings. The van der Waals surface area contributed by atoms with Crippen LogP contribution in [0.25, 0.3) is 0 Å². The second-order valence-corrected chi connectivity index (χ2v) is 5.60. The third kappa shape index (κ3) is 3.34. The fraction of sp³-hybridized carbons (Fsp3) is 0.647. The Morgan fingerprint density at radius 1 is 0.941 bits per heavy atom. The lowest BCUT2D eigenvalue weighted by Gasteiger charge is -2.28. The molecule has 0 heteroatoms. The Balaban J connectivity index is 1.91. The van der Waals surface area contributed by atoms with E-state index in [0.29, 0.717) is 0 Å². The largest absolute Gasteiger partial charge is 0.0654 e. The highest BCUT2D eigenvalue weighted by molar-refractivity contribution is 5.25. The number of benzene rings is 1. The molecular weight excluding hydrogens is 204 g/mol. The van der Waals surface area contributed by atoms with Crippen LogP contribution in [0.3, 0.4) is 0 Å². The van der Waals surface area contributed by atoms with E-state index in [0.717, 1.165) is 18.3 Å². The van der Waals surface area contributed by atoms with Gasteiger partial charge in [0.25, 0.3) is 0 Å². The van der Waals surface area contributed by atoms with E-state index in [1.807, 2.05) is 0 Å². The molecule has 1 fully saturated rings. The Labute approximate surface area is 106 Å². The fourth-order valence-electron chi connectivity index (χ4n) is 3.22. The molecule has 94 valence electrons. The van der Waals surface area contributed by atoms with E-state index in [1.54, 1.807) is 5.56 Å². The first-order chi connectivity index (χ1) is 8.33. The Kier molecular flexibility index (Phi) is 4.65. The first-order valence-electron chi connectivity index (χ1n) is 7.42.